The Morgan fingerprint density at radius 2 is 1.86 bits per heavy atom. The molecule has 0 unspecified atom stereocenters. The van der Waals surface area contributed by atoms with Gasteiger partial charge in [0.25, 0.3) is 5.92 Å². The van der Waals surface area contributed by atoms with Crippen LogP contribution in [0.4, 0.5) is 14.5 Å². The zero-order valence-electron chi connectivity index (χ0n) is 8.00. The summed E-state index contributed by atoms with van der Waals surface area (Å²) < 4.78 is 29.7. The lowest BCUT2D eigenvalue weighted by atomic mass is 10.3. The molecule has 0 saturated carbocycles. The van der Waals surface area contributed by atoms with Crippen molar-refractivity contribution in [2.75, 3.05) is 7.11 Å². The van der Waals surface area contributed by atoms with Crippen LogP contribution in [0.25, 0.3) is 0 Å². The third kappa shape index (κ3) is 3.51. The van der Waals surface area contributed by atoms with E-state index in [0.29, 0.717) is 17.7 Å². The fourth-order valence-corrected chi connectivity index (χ4v) is 0.856. The van der Waals surface area contributed by atoms with E-state index >= 15 is 0 Å². The topological polar surface area (TPSA) is 21.6 Å². The molecule has 0 bridgehead atoms. The van der Waals surface area contributed by atoms with Gasteiger partial charge in [-0.1, -0.05) is 0 Å². The van der Waals surface area contributed by atoms with Crippen molar-refractivity contribution in [3.05, 3.63) is 24.3 Å². The normalized spacial score (nSPS) is 12.0. The summed E-state index contributed by atoms with van der Waals surface area (Å²) in [5.41, 5.74) is 0.479. The quantitative estimate of drug-likeness (QED) is 0.685. The minimum Gasteiger partial charge on any atom is -0.497 e. The van der Waals surface area contributed by atoms with Crippen LogP contribution < -0.4 is 4.74 Å². The Hall–Kier alpha value is -1.45. The predicted octanol–water partition coefficient (Wildman–Crippen LogP) is 3.05. The predicted molar refractivity (Wildman–Crippen MR) is 51.8 cm³/mol. The van der Waals surface area contributed by atoms with E-state index in [0.717, 1.165) is 6.92 Å². The van der Waals surface area contributed by atoms with Crippen molar-refractivity contribution >= 4 is 11.9 Å². The van der Waals surface area contributed by atoms with Crippen LogP contribution in [0.2, 0.25) is 0 Å². The van der Waals surface area contributed by atoms with Gasteiger partial charge in [-0.15, -0.1) is 0 Å². The molecule has 0 amide bonds. The fourth-order valence-electron chi connectivity index (χ4n) is 0.856. The van der Waals surface area contributed by atoms with Crippen molar-refractivity contribution in [1.29, 1.82) is 0 Å². The van der Waals surface area contributed by atoms with Gasteiger partial charge in [-0.3, -0.25) is 4.99 Å². The molecule has 0 spiro atoms. The largest absolute Gasteiger partial charge is 0.497 e. The SMILES string of the molecule is COc1ccc(N=CC(C)(F)F)cc1. The second kappa shape index (κ2) is 4.17. The first-order valence-corrected chi connectivity index (χ1v) is 4.08. The Bertz CT molecular complexity index is 314. The molecule has 0 radical (unpaired) electrons. The number of benzene rings is 1. The average molecular weight is 199 g/mol. The molecule has 4 heteroatoms. The number of alkyl halides is 2. The summed E-state index contributed by atoms with van der Waals surface area (Å²) in [6.45, 7) is 0.792. The zero-order valence-corrected chi connectivity index (χ0v) is 8.00. The van der Waals surface area contributed by atoms with E-state index in [1.54, 1.807) is 31.4 Å². The molecule has 0 saturated heterocycles. The Balaban J connectivity index is 2.74. The van der Waals surface area contributed by atoms with Crippen molar-refractivity contribution in [3.8, 4) is 5.75 Å². The van der Waals surface area contributed by atoms with Crippen LogP contribution in [0.1, 0.15) is 6.92 Å². The van der Waals surface area contributed by atoms with Gasteiger partial charge in [0.15, 0.2) is 0 Å². The summed E-state index contributed by atoms with van der Waals surface area (Å²) in [6, 6.07) is 6.56. The monoisotopic (exact) mass is 199 g/mol. The van der Waals surface area contributed by atoms with Gasteiger partial charge in [-0.25, -0.2) is 8.78 Å². The molecule has 0 fully saturated rings. The summed E-state index contributed by atoms with van der Waals surface area (Å²) >= 11 is 0. The standard InChI is InChI=1S/C10H11F2NO/c1-10(11,12)7-13-8-3-5-9(14-2)6-4-8/h3-7H,1-2H3. The second-order valence-electron chi connectivity index (χ2n) is 2.91. The van der Waals surface area contributed by atoms with Crippen LogP contribution in [-0.2, 0) is 0 Å². The van der Waals surface area contributed by atoms with Crippen LogP contribution in [0.5, 0.6) is 5.75 Å². The van der Waals surface area contributed by atoms with Gasteiger partial charge in [0.1, 0.15) is 5.75 Å². The van der Waals surface area contributed by atoms with Crippen molar-refractivity contribution in [1.82, 2.24) is 0 Å². The zero-order chi connectivity index (χ0) is 10.6. The van der Waals surface area contributed by atoms with Crippen LogP contribution in [0.15, 0.2) is 29.3 Å². The van der Waals surface area contributed by atoms with Gasteiger partial charge in [-0.2, -0.15) is 0 Å². The van der Waals surface area contributed by atoms with Crippen LogP contribution in [0.3, 0.4) is 0 Å². The molecule has 1 rings (SSSR count). The minimum absolute atomic E-state index is 0.479. The first-order chi connectivity index (χ1) is 6.51. The lowest BCUT2D eigenvalue weighted by Gasteiger charge is -2.02. The summed E-state index contributed by atoms with van der Waals surface area (Å²) in [6.07, 6.45) is 0.620. The molecule has 1 aromatic carbocycles. The van der Waals surface area contributed by atoms with Crippen molar-refractivity contribution in [2.45, 2.75) is 12.8 Å². The fraction of sp³-hybridized carbons (Fsp3) is 0.300. The smallest absolute Gasteiger partial charge is 0.280 e. The number of aliphatic imine (C=N–C) groups is 1. The average Bonchev–Trinajstić information content (AvgIpc) is 2.14. The second-order valence-corrected chi connectivity index (χ2v) is 2.91. The number of ether oxygens (including phenoxy) is 1. The molecule has 0 heterocycles. The molecule has 0 aliphatic carbocycles. The first-order valence-electron chi connectivity index (χ1n) is 4.08. The lowest BCUT2D eigenvalue weighted by Crippen LogP contribution is -2.10. The number of nitrogens with zero attached hydrogens (tertiary/aromatic N) is 1. The van der Waals surface area contributed by atoms with Crippen LogP contribution in [0, 0.1) is 0 Å². The number of methoxy groups -OCH3 is 1. The molecule has 14 heavy (non-hydrogen) atoms. The first kappa shape index (κ1) is 10.6. The molecule has 76 valence electrons. The molecule has 1 aromatic rings. The molecule has 0 aliphatic rings. The molecule has 2 nitrogen and oxygen atoms in total. The molecule has 0 atom stereocenters. The summed E-state index contributed by atoms with van der Waals surface area (Å²) in [5, 5.41) is 0. The maximum absolute atomic E-state index is 12.4. The maximum Gasteiger partial charge on any atom is 0.280 e. The number of hydrogen-bond acceptors (Lipinski definition) is 2. The van der Waals surface area contributed by atoms with Crippen molar-refractivity contribution in [3.63, 3.8) is 0 Å². The molecule has 0 aliphatic heterocycles. The Labute approximate surface area is 81.2 Å². The van der Waals surface area contributed by atoms with E-state index < -0.39 is 5.92 Å². The Morgan fingerprint density at radius 1 is 1.29 bits per heavy atom. The van der Waals surface area contributed by atoms with E-state index in [1.807, 2.05) is 0 Å². The van der Waals surface area contributed by atoms with E-state index in [1.165, 1.54) is 0 Å². The van der Waals surface area contributed by atoms with E-state index in [9.17, 15) is 8.78 Å². The number of rotatable bonds is 3. The Kier molecular flexibility index (Phi) is 3.17. The molecular weight excluding hydrogens is 188 g/mol. The number of hydrogen-bond donors (Lipinski definition) is 0. The third-order valence-electron chi connectivity index (χ3n) is 1.51. The van der Waals surface area contributed by atoms with Gasteiger partial charge in [-0.05, 0) is 24.3 Å². The molecule has 0 N–H and O–H groups in total. The van der Waals surface area contributed by atoms with Gasteiger partial charge in [0.05, 0.1) is 19.0 Å². The summed E-state index contributed by atoms with van der Waals surface area (Å²) in [5.74, 6) is -2.20. The van der Waals surface area contributed by atoms with E-state index in [-0.39, 0.29) is 0 Å². The van der Waals surface area contributed by atoms with Crippen molar-refractivity contribution < 1.29 is 13.5 Å². The lowest BCUT2D eigenvalue weighted by molar-refractivity contribution is 0.106. The van der Waals surface area contributed by atoms with Crippen LogP contribution in [-0.4, -0.2) is 19.2 Å². The van der Waals surface area contributed by atoms with E-state index in [4.69, 9.17) is 4.74 Å². The highest BCUT2D eigenvalue weighted by Crippen LogP contribution is 2.18. The van der Waals surface area contributed by atoms with Gasteiger partial charge in [0.2, 0.25) is 0 Å². The van der Waals surface area contributed by atoms with Gasteiger partial charge < -0.3 is 4.74 Å². The highest BCUT2D eigenvalue weighted by Gasteiger charge is 2.16. The molecule has 0 aromatic heterocycles. The maximum atomic E-state index is 12.4. The number of halogens is 2. The molecular formula is C10H11F2NO. The van der Waals surface area contributed by atoms with Gasteiger partial charge >= 0.3 is 0 Å². The van der Waals surface area contributed by atoms with Crippen molar-refractivity contribution in [2.24, 2.45) is 4.99 Å². The summed E-state index contributed by atoms with van der Waals surface area (Å²) in [7, 11) is 1.54. The Morgan fingerprint density at radius 3 is 2.29 bits per heavy atom. The van der Waals surface area contributed by atoms with Gasteiger partial charge in [0, 0.05) is 6.92 Å². The minimum atomic E-state index is -2.88. The highest BCUT2D eigenvalue weighted by atomic mass is 19.3. The summed E-state index contributed by atoms with van der Waals surface area (Å²) in [4.78, 5) is 3.62. The highest BCUT2D eigenvalue weighted by molar-refractivity contribution is 5.69. The van der Waals surface area contributed by atoms with Crippen LogP contribution >= 0.6 is 0 Å². The third-order valence-corrected chi connectivity index (χ3v) is 1.51. The van der Waals surface area contributed by atoms with E-state index in [2.05, 4.69) is 4.99 Å².